The van der Waals surface area contributed by atoms with Gasteiger partial charge in [-0.2, -0.15) is 0 Å². The van der Waals surface area contributed by atoms with Crippen LogP contribution in [-0.2, 0) is 9.59 Å². The van der Waals surface area contributed by atoms with Gasteiger partial charge < -0.3 is 4.90 Å². The van der Waals surface area contributed by atoms with Crippen LogP contribution in [0.5, 0.6) is 0 Å². The van der Waals surface area contributed by atoms with Gasteiger partial charge in [0.15, 0.2) is 0 Å². The van der Waals surface area contributed by atoms with Crippen LogP contribution < -0.4 is 0 Å². The molecule has 0 radical (unpaired) electrons. The summed E-state index contributed by atoms with van der Waals surface area (Å²) in [6.45, 7) is 1.01. The van der Waals surface area contributed by atoms with Crippen molar-refractivity contribution in [3.05, 3.63) is 35.9 Å². The molecule has 3 amide bonds. The highest BCUT2D eigenvalue weighted by Gasteiger charge is 2.36. The largest absolute Gasteiger partial charge is 0.326 e. The van der Waals surface area contributed by atoms with Crippen molar-refractivity contribution in [2.24, 2.45) is 5.92 Å². The van der Waals surface area contributed by atoms with Gasteiger partial charge in [0.25, 0.3) is 0 Å². The van der Waals surface area contributed by atoms with Crippen LogP contribution in [0.3, 0.4) is 0 Å². The van der Waals surface area contributed by atoms with Crippen LogP contribution >= 0.6 is 0 Å². The maximum atomic E-state index is 12.7. The lowest BCUT2D eigenvalue weighted by molar-refractivity contribution is -0.129. The quantitative estimate of drug-likeness (QED) is 0.854. The number of imide groups is 1. The third-order valence-electron chi connectivity index (χ3n) is 5.23. The zero-order valence-electron chi connectivity index (χ0n) is 14.1. The molecular weight excluding hydrogens is 304 g/mol. The number of carbonyl (C=O) groups excluding carboxylic acids is 3. The molecule has 0 unspecified atom stereocenters. The molecule has 5 heteroatoms. The number of urea groups is 1. The first-order chi connectivity index (χ1) is 11.6. The van der Waals surface area contributed by atoms with Crippen molar-refractivity contribution < 1.29 is 14.4 Å². The van der Waals surface area contributed by atoms with Crippen molar-refractivity contribution in [3.63, 3.8) is 0 Å². The molecule has 3 rings (SSSR count). The van der Waals surface area contributed by atoms with Crippen LogP contribution in [-0.4, -0.2) is 47.7 Å². The molecule has 0 aromatic heterocycles. The van der Waals surface area contributed by atoms with Gasteiger partial charge in [-0.05, 0) is 18.4 Å². The highest BCUT2D eigenvalue weighted by Crippen LogP contribution is 2.36. The Morgan fingerprint density at radius 2 is 1.92 bits per heavy atom. The Labute approximate surface area is 142 Å². The molecule has 1 aromatic rings. The predicted molar refractivity (Wildman–Crippen MR) is 90.5 cm³/mol. The Kier molecular flexibility index (Phi) is 4.97. The summed E-state index contributed by atoms with van der Waals surface area (Å²) in [5, 5.41) is 0. The molecule has 1 saturated carbocycles. The van der Waals surface area contributed by atoms with E-state index in [0.717, 1.165) is 24.8 Å². The summed E-state index contributed by atoms with van der Waals surface area (Å²) in [4.78, 5) is 40.1. The van der Waals surface area contributed by atoms with E-state index in [0.29, 0.717) is 19.5 Å². The topological polar surface area (TPSA) is 57.7 Å². The maximum Gasteiger partial charge on any atom is 0.326 e. The molecular formula is C19H24N2O3. The zero-order chi connectivity index (χ0) is 17.1. The number of rotatable bonds is 4. The van der Waals surface area contributed by atoms with Gasteiger partial charge in [0, 0.05) is 44.8 Å². The minimum atomic E-state index is -0.234. The van der Waals surface area contributed by atoms with Crippen LogP contribution in [0, 0.1) is 5.92 Å². The van der Waals surface area contributed by atoms with E-state index in [1.54, 1.807) is 11.9 Å². The number of carbonyl (C=O) groups is 3. The molecule has 1 saturated heterocycles. The van der Waals surface area contributed by atoms with E-state index in [1.165, 1.54) is 4.90 Å². The lowest BCUT2D eigenvalue weighted by Crippen LogP contribution is -2.37. The van der Waals surface area contributed by atoms with E-state index in [9.17, 15) is 14.4 Å². The Morgan fingerprint density at radius 3 is 2.54 bits per heavy atom. The third-order valence-corrected chi connectivity index (χ3v) is 5.23. The average Bonchev–Trinajstić information content (AvgIpc) is 2.93. The van der Waals surface area contributed by atoms with Crippen LogP contribution in [0.15, 0.2) is 30.3 Å². The van der Waals surface area contributed by atoms with Crippen molar-refractivity contribution in [2.45, 2.75) is 38.0 Å². The first kappa shape index (κ1) is 16.7. The maximum absolute atomic E-state index is 12.7. The summed E-state index contributed by atoms with van der Waals surface area (Å²) >= 11 is 0. The van der Waals surface area contributed by atoms with E-state index >= 15 is 0 Å². The lowest BCUT2D eigenvalue weighted by Gasteiger charge is -2.30. The Hall–Kier alpha value is -2.17. The van der Waals surface area contributed by atoms with Crippen LogP contribution in [0.1, 0.15) is 43.6 Å². The van der Waals surface area contributed by atoms with E-state index < -0.39 is 0 Å². The minimum Gasteiger partial charge on any atom is -0.326 e. The molecule has 2 aliphatic rings. The summed E-state index contributed by atoms with van der Waals surface area (Å²) in [5.41, 5.74) is 1.02. The molecule has 5 nitrogen and oxygen atoms in total. The van der Waals surface area contributed by atoms with Gasteiger partial charge in [-0.15, -0.1) is 0 Å². The lowest BCUT2D eigenvalue weighted by atomic mass is 9.74. The number of Topliss-reactive ketones (excluding diaryl/α,β-unsaturated/α-hetero) is 1. The zero-order valence-corrected chi connectivity index (χ0v) is 14.1. The van der Waals surface area contributed by atoms with Crippen LogP contribution in [0.2, 0.25) is 0 Å². The van der Waals surface area contributed by atoms with Crippen molar-refractivity contribution in [1.29, 1.82) is 0 Å². The number of likely N-dealkylation sites (N-methyl/N-ethyl adjacent to an activating group) is 1. The second kappa shape index (κ2) is 7.16. The molecule has 1 aromatic carbocycles. The van der Waals surface area contributed by atoms with E-state index in [1.807, 2.05) is 30.3 Å². The summed E-state index contributed by atoms with van der Waals surface area (Å²) in [7, 11) is 1.70. The fourth-order valence-electron chi connectivity index (χ4n) is 3.81. The molecule has 0 bridgehead atoms. The van der Waals surface area contributed by atoms with Gasteiger partial charge in [0.05, 0.1) is 0 Å². The number of benzene rings is 1. The van der Waals surface area contributed by atoms with Crippen molar-refractivity contribution >= 4 is 17.7 Å². The minimum absolute atomic E-state index is 0.111. The van der Waals surface area contributed by atoms with Gasteiger partial charge in [0.2, 0.25) is 5.91 Å². The van der Waals surface area contributed by atoms with Gasteiger partial charge in [0.1, 0.15) is 5.78 Å². The van der Waals surface area contributed by atoms with E-state index in [4.69, 9.17) is 0 Å². The highest BCUT2D eigenvalue weighted by molar-refractivity contribution is 5.96. The number of hydrogen-bond donors (Lipinski definition) is 0. The molecule has 2 fully saturated rings. The normalized spacial score (nSPS) is 22.8. The molecule has 2 atom stereocenters. The predicted octanol–water partition coefficient (Wildman–Crippen LogP) is 2.81. The molecule has 24 heavy (non-hydrogen) atoms. The summed E-state index contributed by atoms with van der Waals surface area (Å²) in [5.74, 6) is -0.157. The van der Waals surface area contributed by atoms with E-state index in [2.05, 4.69) is 0 Å². The second-order valence-corrected chi connectivity index (χ2v) is 6.79. The smallest absolute Gasteiger partial charge is 0.326 e. The summed E-state index contributed by atoms with van der Waals surface area (Å²) in [6, 6.07) is 9.55. The van der Waals surface area contributed by atoms with Crippen molar-refractivity contribution in [2.75, 3.05) is 20.1 Å². The number of nitrogens with zero attached hydrogens (tertiary/aromatic N) is 2. The first-order valence-electron chi connectivity index (χ1n) is 8.71. The fraction of sp³-hybridized carbons (Fsp3) is 0.526. The summed E-state index contributed by atoms with van der Waals surface area (Å²) < 4.78 is 0. The van der Waals surface area contributed by atoms with Crippen LogP contribution in [0.25, 0.3) is 0 Å². The number of amides is 3. The van der Waals surface area contributed by atoms with Gasteiger partial charge in [-0.25, -0.2) is 4.79 Å². The Bertz CT molecular complexity index is 629. The average molecular weight is 328 g/mol. The third kappa shape index (κ3) is 3.35. The fourth-order valence-corrected chi connectivity index (χ4v) is 3.81. The highest BCUT2D eigenvalue weighted by atomic mass is 16.2. The first-order valence-corrected chi connectivity index (χ1v) is 8.71. The molecule has 1 aliphatic carbocycles. The Balaban J connectivity index is 1.81. The van der Waals surface area contributed by atoms with E-state index in [-0.39, 0.29) is 36.0 Å². The molecule has 0 spiro atoms. The molecule has 1 heterocycles. The standard InChI is InChI=1S/C19H24N2O3/c1-20-11-12-21(19(20)24)18(23)13-16(14-7-3-2-4-8-14)15-9-5-6-10-17(15)22/h2-4,7-8,15-16H,5-6,9-13H2,1H3/t15-,16-/m1/s1. The van der Waals surface area contributed by atoms with Gasteiger partial charge in [-0.3, -0.25) is 14.5 Å². The Morgan fingerprint density at radius 1 is 1.17 bits per heavy atom. The molecule has 1 aliphatic heterocycles. The van der Waals surface area contributed by atoms with Crippen molar-refractivity contribution in [3.8, 4) is 0 Å². The SMILES string of the molecule is CN1CCN(C(=O)C[C@H](c2ccccc2)[C@H]2CCCCC2=O)C1=O. The molecule has 0 N–H and O–H groups in total. The summed E-state index contributed by atoms with van der Waals surface area (Å²) in [6.07, 6.45) is 3.63. The van der Waals surface area contributed by atoms with Crippen LogP contribution in [0.4, 0.5) is 4.79 Å². The molecule has 128 valence electrons. The van der Waals surface area contributed by atoms with Gasteiger partial charge in [-0.1, -0.05) is 36.8 Å². The van der Waals surface area contributed by atoms with Crippen molar-refractivity contribution in [1.82, 2.24) is 9.80 Å². The van der Waals surface area contributed by atoms with Gasteiger partial charge >= 0.3 is 6.03 Å². The second-order valence-electron chi connectivity index (χ2n) is 6.79. The monoisotopic (exact) mass is 328 g/mol. The number of hydrogen-bond acceptors (Lipinski definition) is 3. The number of ketones is 1.